The van der Waals surface area contributed by atoms with E-state index in [4.69, 9.17) is 4.74 Å². The summed E-state index contributed by atoms with van der Waals surface area (Å²) in [5, 5.41) is 3.09. The third-order valence-corrected chi connectivity index (χ3v) is 5.54. The summed E-state index contributed by atoms with van der Waals surface area (Å²) in [7, 11) is 0. The van der Waals surface area contributed by atoms with E-state index >= 15 is 0 Å². The quantitative estimate of drug-likeness (QED) is 0.918. The fourth-order valence-corrected chi connectivity index (χ4v) is 3.97. The molecule has 0 radical (unpaired) electrons. The average Bonchev–Trinajstić information content (AvgIpc) is 3.24. The van der Waals surface area contributed by atoms with E-state index in [0.717, 1.165) is 30.2 Å². The van der Waals surface area contributed by atoms with Crippen molar-refractivity contribution in [3.05, 3.63) is 54.2 Å². The van der Waals surface area contributed by atoms with Crippen LogP contribution in [0.1, 0.15) is 31.2 Å². The van der Waals surface area contributed by atoms with Gasteiger partial charge in [0.25, 0.3) is 0 Å². The van der Waals surface area contributed by atoms with Gasteiger partial charge < -0.3 is 15.0 Å². The number of nitrogens with one attached hydrogen (secondary N) is 1. The first kappa shape index (κ1) is 17.0. The number of carbonyl (C=O) groups is 1. The predicted octanol–water partition coefficient (Wildman–Crippen LogP) is 3.37. The Hall–Kier alpha value is -2.40. The van der Waals surface area contributed by atoms with Gasteiger partial charge in [-0.15, -0.1) is 0 Å². The molecule has 4 rings (SSSR count). The van der Waals surface area contributed by atoms with Crippen LogP contribution in [-0.2, 0) is 14.9 Å². The summed E-state index contributed by atoms with van der Waals surface area (Å²) in [5.41, 5.74) is 1.27. The molecule has 0 bridgehead atoms. The van der Waals surface area contributed by atoms with Crippen LogP contribution in [0.2, 0.25) is 0 Å². The maximum atomic E-state index is 13.2. The summed E-state index contributed by atoms with van der Waals surface area (Å²) in [5.74, 6) is 1.02. The lowest BCUT2D eigenvalue weighted by molar-refractivity contribution is -0.125. The Labute approximate surface area is 154 Å². The summed E-state index contributed by atoms with van der Waals surface area (Å²) >= 11 is 0. The molecule has 2 aliphatic rings. The molecule has 1 N–H and O–H groups in total. The molecule has 1 aromatic heterocycles. The monoisotopic (exact) mass is 351 g/mol. The first-order valence-corrected chi connectivity index (χ1v) is 9.44. The molecule has 0 unspecified atom stereocenters. The van der Waals surface area contributed by atoms with Crippen molar-refractivity contribution in [3.63, 3.8) is 0 Å². The summed E-state index contributed by atoms with van der Waals surface area (Å²) in [6, 6.07) is 14.0. The lowest BCUT2D eigenvalue weighted by Crippen LogP contribution is -2.44. The van der Waals surface area contributed by atoms with Crippen molar-refractivity contribution in [2.45, 2.75) is 31.1 Å². The first-order valence-electron chi connectivity index (χ1n) is 9.44. The number of pyridine rings is 1. The van der Waals surface area contributed by atoms with Crippen molar-refractivity contribution in [3.8, 4) is 0 Å². The van der Waals surface area contributed by atoms with E-state index in [1.165, 1.54) is 12.8 Å². The van der Waals surface area contributed by atoms with Crippen LogP contribution >= 0.6 is 0 Å². The minimum absolute atomic E-state index is 0.0303. The molecule has 26 heavy (non-hydrogen) atoms. The molecule has 3 heterocycles. The SMILES string of the molecule is O=C(Nc1ccc(N2CCCC2)nc1)C1(c2ccccc2)CCOCC1. The molecule has 1 aromatic carbocycles. The summed E-state index contributed by atoms with van der Waals surface area (Å²) in [6.45, 7) is 3.34. The van der Waals surface area contributed by atoms with Gasteiger partial charge in [0.2, 0.25) is 5.91 Å². The van der Waals surface area contributed by atoms with E-state index in [9.17, 15) is 4.79 Å². The van der Waals surface area contributed by atoms with Crippen LogP contribution in [0, 0.1) is 0 Å². The molecule has 5 heteroatoms. The van der Waals surface area contributed by atoms with Crippen molar-refractivity contribution < 1.29 is 9.53 Å². The first-order chi connectivity index (χ1) is 12.8. The Kier molecular flexibility index (Phi) is 4.89. The van der Waals surface area contributed by atoms with Crippen molar-refractivity contribution in [1.82, 2.24) is 4.98 Å². The average molecular weight is 351 g/mol. The number of anilines is 2. The highest BCUT2D eigenvalue weighted by atomic mass is 16.5. The highest BCUT2D eigenvalue weighted by Crippen LogP contribution is 2.36. The third kappa shape index (κ3) is 3.31. The van der Waals surface area contributed by atoms with E-state index in [1.54, 1.807) is 6.20 Å². The van der Waals surface area contributed by atoms with Crippen LogP contribution in [0.25, 0.3) is 0 Å². The van der Waals surface area contributed by atoms with E-state index in [-0.39, 0.29) is 5.91 Å². The topological polar surface area (TPSA) is 54.5 Å². The molecule has 136 valence electrons. The number of rotatable bonds is 4. The molecule has 2 aliphatic heterocycles. The fraction of sp³-hybridized carbons (Fsp3) is 0.429. The maximum Gasteiger partial charge on any atom is 0.235 e. The lowest BCUT2D eigenvalue weighted by Gasteiger charge is -2.36. The van der Waals surface area contributed by atoms with Crippen LogP contribution in [0.15, 0.2) is 48.7 Å². The molecule has 0 aliphatic carbocycles. The molecule has 0 saturated carbocycles. The van der Waals surface area contributed by atoms with Gasteiger partial charge in [0, 0.05) is 26.3 Å². The summed E-state index contributed by atoms with van der Waals surface area (Å²) in [4.78, 5) is 20.1. The predicted molar refractivity (Wildman–Crippen MR) is 102 cm³/mol. The van der Waals surface area contributed by atoms with Crippen molar-refractivity contribution in [2.24, 2.45) is 0 Å². The van der Waals surface area contributed by atoms with Gasteiger partial charge in [-0.3, -0.25) is 4.79 Å². The fourth-order valence-electron chi connectivity index (χ4n) is 3.97. The third-order valence-electron chi connectivity index (χ3n) is 5.54. The maximum absolute atomic E-state index is 13.2. The van der Waals surface area contributed by atoms with Gasteiger partial charge in [-0.1, -0.05) is 30.3 Å². The van der Waals surface area contributed by atoms with Gasteiger partial charge >= 0.3 is 0 Å². The second-order valence-corrected chi connectivity index (χ2v) is 7.11. The number of hydrogen-bond donors (Lipinski definition) is 1. The molecule has 0 spiro atoms. The Balaban J connectivity index is 1.53. The molecule has 2 saturated heterocycles. The van der Waals surface area contributed by atoms with Gasteiger partial charge in [-0.25, -0.2) is 4.98 Å². The van der Waals surface area contributed by atoms with Gasteiger partial charge in [0.05, 0.1) is 17.3 Å². The minimum Gasteiger partial charge on any atom is -0.381 e. The second kappa shape index (κ2) is 7.46. The van der Waals surface area contributed by atoms with E-state index in [0.29, 0.717) is 26.1 Å². The van der Waals surface area contributed by atoms with Crippen molar-refractivity contribution in [2.75, 3.05) is 36.5 Å². The largest absolute Gasteiger partial charge is 0.381 e. The number of ether oxygens (including phenoxy) is 1. The number of carbonyl (C=O) groups excluding carboxylic acids is 1. The summed E-state index contributed by atoms with van der Waals surface area (Å²) in [6.07, 6.45) is 5.61. The molecule has 1 amide bonds. The second-order valence-electron chi connectivity index (χ2n) is 7.11. The van der Waals surface area contributed by atoms with Gasteiger partial charge in [0.15, 0.2) is 0 Å². The number of hydrogen-bond acceptors (Lipinski definition) is 4. The molecular weight excluding hydrogens is 326 g/mol. The van der Waals surface area contributed by atoms with Crippen LogP contribution < -0.4 is 10.2 Å². The molecule has 0 atom stereocenters. The summed E-state index contributed by atoms with van der Waals surface area (Å²) < 4.78 is 5.52. The Bertz CT molecular complexity index is 734. The molecule has 2 aromatic rings. The normalized spacial score (nSPS) is 19.3. The van der Waals surface area contributed by atoms with Crippen LogP contribution in [0.3, 0.4) is 0 Å². The van der Waals surface area contributed by atoms with E-state index < -0.39 is 5.41 Å². The number of benzene rings is 1. The highest BCUT2D eigenvalue weighted by Gasteiger charge is 2.41. The van der Waals surface area contributed by atoms with Gasteiger partial charge in [0.1, 0.15) is 5.82 Å². The Morgan fingerprint density at radius 2 is 1.77 bits per heavy atom. The zero-order valence-corrected chi connectivity index (χ0v) is 15.0. The molecule has 2 fully saturated rings. The number of aromatic nitrogens is 1. The van der Waals surface area contributed by atoms with Crippen LogP contribution in [0.5, 0.6) is 0 Å². The minimum atomic E-state index is -0.535. The van der Waals surface area contributed by atoms with Crippen LogP contribution in [0.4, 0.5) is 11.5 Å². The van der Waals surface area contributed by atoms with E-state index in [2.05, 4.69) is 15.2 Å². The number of nitrogens with zero attached hydrogens (tertiary/aromatic N) is 2. The Morgan fingerprint density at radius 1 is 1.04 bits per heavy atom. The lowest BCUT2D eigenvalue weighted by atomic mass is 9.73. The van der Waals surface area contributed by atoms with Crippen LogP contribution in [-0.4, -0.2) is 37.2 Å². The smallest absolute Gasteiger partial charge is 0.235 e. The highest BCUT2D eigenvalue weighted by molar-refractivity contribution is 5.99. The molecule has 5 nitrogen and oxygen atoms in total. The van der Waals surface area contributed by atoms with Gasteiger partial charge in [-0.05, 0) is 43.4 Å². The molecular formula is C21H25N3O2. The van der Waals surface area contributed by atoms with E-state index in [1.807, 2.05) is 42.5 Å². The zero-order valence-electron chi connectivity index (χ0n) is 15.0. The van der Waals surface area contributed by atoms with Crippen molar-refractivity contribution in [1.29, 1.82) is 0 Å². The van der Waals surface area contributed by atoms with Gasteiger partial charge in [-0.2, -0.15) is 0 Å². The Morgan fingerprint density at radius 3 is 2.42 bits per heavy atom. The zero-order chi connectivity index (χ0) is 17.8. The number of amides is 1. The standard InChI is InChI=1S/C21H25N3O2/c25-20(21(10-14-26-15-11-21)17-6-2-1-3-7-17)23-18-8-9-19(22-16-18)24-12-4-5-13-24/h1-3,6-9,16H,4-5,10-15H2,(H,23,25). The van der Waals surface area contributed by atoms with Crippen molar-refractivity contribution >= 4 is 17.4 Å².